The highest BCUT2D eigenvalue weighted by Crippen LogP contribution is 2.16. The molecule has 0 aliphatic carbocycles. The molecule has 2 heterocycles. The second kappa shape index (κ2) is 6.74. The largest absolute Gasteiger partial charge is 0.478 e. The van der Waals surface area contributed by atoms with Gasteiger partial charge in [-0.2, -0.15) is 0 Å². The quantitative estimate of drug-likeness (QED) is 0.704. The minimum Gasteiger partial charge on any atom is -0.478 e. The van der Waals surface area contributed by atoms with Gasteiger partial charge in [0.2, 0.25) is 0 Å². The molecule has 0 spiro atoms. The van der Waals surface area contributed by atoms with Crippen molar-refractivity contribution in [3.63, 3.8) is 0 Å². The maximum absolute atomic E-state index is 9.55. The van der Waals surface area contributed by atoms with Crippen molar-refractivity contribution < 1.29 is 19.8 Å². The lowest BCUT2D eigenvalue weighted by Gasteiger charge is -2.17. The van der Waals surface area contributed by atoms with Crippen LogP contribution in [0.5, 0.6) is 0 Å². The van der Waals surface area contributed by atoms with Gasteiger partial charge in [0, 0.05) is 24.9 Å². The lowest BCUT2D eigenvalue weighted by atomic mass is 10.5. The molecule has 0 bridgehead atoms. The van der Waals surface area contributed by atoms with E-state index in [0.29, 0.717) is 12.2 Å². The van der Waals surface area contributed by atoms with E-state index >= 15 is 0 Å². The molecule has 0 saturated carbocycles. The third-order valence-corrected chi connectivity index (χ3v) is 2.62. The predicted molar refractivity (Wildman–Crippen MR) is 65.0 cm³/mol. The van der Waals surface area contributed by atoms with Gasteiger partial charge in [0.1, 0.15) is 5.84 Å². The van der Waals surface area contributed by atoms with E-state index in [9.17, 15) is 9.59 Å². The van der Waals surface area contributed by atoms with Gasteiger partial charge in [-0.3, -0.25) is 4.99 Å². The lowest BCUT2D eigenvalue weighted by Crippen LogP contribution is -2.25. The van der Waals surface area contributed by atoms with Crippen LogP contribution in [0.2, 0.25) is 0 Å². The first-order valence-electron chi connectivity index (χ1n) is 4.82. The molecular weight excluding hydrogens is 244 g/mol. The normalized spacial score (nSPS) is 17.2. The summed E-state index contributed by atoms with van der Waals surface area (Å²) in [6.45, 7) is 2.08. The number of amidine groups is 1. The summed E-state index contributed by atoms with van der Waals surface area (Å²) in [5, 5.41) is 17.8. The van der Waals surface area contributed by atoms with E-state index in [1.807, 2.05) is 11.8 Å². The summed E-state index contributed by atoms with van der Waals surface area (Å²) in [5.74, 6) is -0.196. The van der Waals surface area contributed by atoms with E-state index in [-0.39, 0.29) is 0 Å². The summed E-state index contributed by atoms with van der Waals surface area (Å²) >= 11 is 1.82. The molecule has 7 heteroatoms. The number of nitrogens with zero attached hydrogens (tertiary/aromatic N) is 2. The highest BCUT2D eigenvalue weighted by Gasteiger charge is 2.15. The van der Waals surface area contributed by atoms with Gasteiger partial charge in [-0.05, 0) is 5.41 Å². The van der Waals surface area contributed by atoms with Gasteiger partial charge in [-0.1, -0.05) is 0 Å². The summed E-state index contributed by atoms with van der Waals surface area (Å²) in [7, 11) is 0. The molecule has 0 atom stereocenters. The van der Waals surface area contributed by atoms with Crippen molar-refractivity contribution in [2.45, 2.75) is 0 Å². The SMILES string of the molecule is C1=CN2CCN=C2CS1.O=C(O)/C=C/C(=O)O. The molecule has 0 amide bonds. The Kier molecular flexibility index (Phi) is 5.28. The monoisotopic (exact) mass is 256 g/mol. The maximum Gasteiger partial charge on any atom is 0.328 e. The average molecular weight is 256 g/mol. The minimum absolute atomic E-state index is 0.558. The third-order valence-electron chi connectivity index (χ3n) is 1.88. The predicted octanol–water partition coefficient (Wildman–Crippen LogP) is 0.630. The van der Waals surface area contributed by atoms with Crippen LogP contribution in [0.25, 0.3) is 0 Å². The Labute approximate surface area is 102 Å². The first kappa shape index (κ1) is 13.3. The van der Waals surface area contributed by atoms with Crippen LogP contribution in [0.4, 0.5) is 0 Å². The lowest BCUT2D eigenvalue weighted by molar-refractivity contribution is -0.134. The van der Waals surface area contributed by atoms with Crippen molar-refractivity contribution in [2.24, 2.45) is 4.99 Å². The molecule has 92 valence electrons. The summed E-state index contributed by atoms with van der Waals surface area (Å²) < 4.78 is 0. The van der Waals surface area contributed by atoms with Crippen LogP contribution in [-0.4, -0.2) is 51.7 Å². The molecule has 2 rings (SSSR count). The highest BCUT2D eigenvalue weighted by molar-refractivity contribution is 8.02. The molecule has 2 aliphatic rings. The fraction of sp³-hybridized carbons (Fsp3) is 0.300. The third kappa shape index (κ3) is 5.21. The number of aliphatic carboxylic acids is 2. The Morgan fingerprint density at radius 3 is 2.53 bits per heavy atom. The zero-order valence-electron chi connectivity index (χ0n) is 8.94. The standard InChI is InChI=1S/C6H8N2S.C4H4O4/c1-2-8-3-4-9-5-6(8)7-1;5-3(6)1-2-4(7)8/h3-4H,1-2,5H2;1-2H,(H,5,6)(H,7,8)/b;2-1+. The van der Waals surface area contributed by atoms with Gasteiger partial charge in [0.25, 0.3) is 0 Å². The fourth-order valence-electron chi connectivity index (χ4n) is 1.18. The molecule has 0 fully saturated rings. The Balaban J connectivity index is 0.000000172. The molecule has 2 N–H and O–H groups in total. The zero-order chi connectivity index (χ0) is 12.7. The Morgan fingerprint density at radius 2 is 2.00 bits per heavy atom. The Morgan fingerprint density at radius 1 is 1.35 bits per heavy atom. The van der Waals surface area contributed by atoms with Gasteiger partial charge >= 0.3 is 11.9 Å². The fourth-order valence-corrected chi connectivity index (χ4v) is 1.91. The Bertz CT molecular complexity index is 374. The molecule has 0 saturated heterocycles. The molecule has 17 heavy (non-hydrogen) atoms. The van der Waals surface area contributed by atoms with E-state index in [1.165, 1.54) is 5.84 Å². The van der Waals surface area contributed by atoms with Crippen LogP contribution in [0.1, 0.15) is 0 Å². The van der Waals surface area contributed by atoms with Gasteiger partial charge in [0.15, 0.2) is 0 Å². The number of carboxylic acids is 2. The van der Waals surface area contributed by atoms with Gasteiger partial charge in [0.05, 0.1) is 12.3 Å². The van der Waals surface area contributed by atoms with Crippen LogP contribution >= 0.6 is 11.8 Å². The van der Waals surface area contributed by atoms with E-state index in [1.54, 1.807) is 0 Å². The van der Waals surface area contributed by atoms with Crippen molar-refractivity contribution in [3.05, 3.63) is 23.8 Å². The van der Waals surface area contributed by atoms with E-state index in [0.717, 1.165) is 18.8 Å². The molecule has 2 aliphatic heterocycles. The molecule has 6 nitrogen and oxygen atoms in total. The number of hydrogen-bond acceptors (Lipinski definition) is 5. The van der Waals surface area contributed by atoms with Crippen molar-refractivity contribution in [2.75, 3.05) is 18.8 Å². The van der Waals surface area contributed by atoms with Crippen molar-refractivity contribution >= 4 is 29.5 Å². The number of carbonyl (C=O) groups is 2. The van der Waals surface area contributed by atoms with Gasteiger partial charge in [-0.25, -0.2) is 9.59 Å². The summed E-state index contributed by atoms with van der Waals surface area (Å²) in [6, 6.07) is 0. The van der Waals surface area contributed by atoms with E-state index in [4.69, 9.17) is 10.2 Å². The highest BCUT2D eigenvalue weighted by atomic mass is 32.2. The molecule has 0 aromatic heterocycles. The smallest absolute Gasteiger partial charge is 0.328 e. The number of rotatable bonds is 2. The van der Waals surface area contributed by atoms with Crippen LogP contribution in [0.3, 0.4) is 0 Å². The number of aliphatic imine (C=N–C) groups is 1. The van der Waals surface area contributed by atoms with Crippen LogP contribution < -0.4 is 0 Å². The van der Waals surface area contributed by atoms with Crippen LogP contribution in [0.15, 0.2) is 28.8 Å². The number of thioether (sulfide) groups is 1. The minimum atomic E-state index is -1.26. The van der Waals surface area contributed by atoms with E-state index in [2.05, 4.69) is 21.5 Å². The van der Waals surface area contributed by atoms with Crippen LogP contribution in [-0.2, 0) is 9.59 Å². The summed E-state index contributed by atoms with van der Waals surface area (Å²) in [4.78, 5) is 25.7. The number of carboxylic acid groups (broad SMARTS) is 2. The second-order valence-corrected chi connectivity index (χ2v) is 3.99. The Hall–Kier alpha value is -1.76. The van der Waals surface area contributed by atoms with Crippen LogP contribution in [0, 0.1) is 0 Å². The maximum atomic E-state index is 9.55. The van der Waals surface area contributed by atoms with Crippen molar-refractivity contribution in [1.82, 2.24) is 4.90 Å². The van der Waals surface area contributed by atoms with Gasteiger partial charge < -0.3 is 15.1 Å². The zero-order valence-corrected chi connectivity index (χ0v) is 9.76. The molecule has 0 radical (unpaired) electrons. The molecule has 0 aromatic rings. The number of hydrogen-bond donors (Lipinski definition) is 2. The second-order valence-electron chi connectivity index (χ2n) is 3.10. The van der Waals surface area contributed by atoms with Crippen molar-refractivity contribution in [3.8, 4) is 0 Å². The van der Waals surface area contributed by atoms with Crippen molar-refractivity contribution in [1.29, 1.82) is 0 Å². The first-order chi connectivity index (χ1) is 8.09. The van der Waals surface area contributed by atoms with E-state index < -0.39 is 11.9 Å². The first-order valence-corrected chi connectivity index (χ1v) is 5.86. The summed E-state index contributed by atoms with van der Waals surface area (Å²) in [5.41, 5.74) is 0. The van der Waals surface area contributed by atoms with Gasteiger partial charge in [-0.15, -0.1) is 11.8 Å². The molecular formula is C10H12N2O4S. The average Bonchev–Trinajstić information content (AvgIpc) is 2.75. The topological polar surface area (TPSA) is 90.2 Å². The number of fused-ring (bicyclic) bond motifs is 1. The summed E-state index contributed by atoms with van der Waals surface area (Å²) in [6.07, 6.45) is 3.23. The molecule has 0 aromatic carbocycles. The molecule has 0 unspecified atom stereocenters.